The normalized spacial score (nSPS) is 10.4. The van der Waals surface area contributed by atoms with Gasteiger partial charge in [0.1, 0.15) is 0 Å². The van der Waals surface area contributed by atoms with E-state index in [9.17, 15) is 9.59 Å². The van der Waals surface area contributed by atoms with Crippen molar-refractivity contribution < 1.29 is 9.59 Å². The number of benzene rings is 3. The van der Waals surface area contributed by atoms with Gasteiger partial charge >= 0.3 is 0 Å². The zero-order valence-electron chi connectivity index (χ0n) is 14.9. The highest BCUT2D eigenvalue weighted by Crippen LogP contribution is 2.23. The highest BCUT2D eigenvalue weighted by Gasteiger charge is 2.12. The number of nitrogens with two attached hydrogens (primary N) is 1. The number of carbonyl (C=O) groups is 2. The average Bonchev–Trinajstić information content (AvgIpc) is 2.69. The molecule has 136 valence electrons. The Morgan fingerprint density at radius 1 is 0.926 bits per heavy atom. The molecule has 4 nitrogen and oxygen atoms in total. The van der Waals surface area contributed by atoms with Crippen LogP contribution < -0.4 is 11.1 Å². The number of anilines is 1. The van der Waals surface area contributed by atoms with Gasteiger partial charge in [-0.25, -0.2) is 0 Å². The first-order valence-electron chi connectivity index (χ1n) is 8.52. The predicted octanol–water partition coefficient (Wildman–Crippen LogP) is 4.64. The van der Waals surface area contributed by atoms with E-state index in [1.165, 1.54) is 4.90 Å². The molecule has 3 N–H and O–H groups in total. The van der Waals surface area contributed by atoms with Gasteiger partial charge in [0.25, 0.3) is 5.91 Å². The Bertz CT molecular complexity index is 954. The predicted molar refractivity (Wildman–Crippen MR) is 110 cm³/mol. The van der Waals surface area contributed by atoms with Gasteiger partial charge < -0.3 is 11.1 Å². The van der Waals surface area contributed by atoms with E-state index in [2.05, 4.69) is 17.4 Å². The van der Waals surface area contributed by atoms with Crippen molar-refractivity contribution >= 4 is 29.3 Å². The van der Waals surface area contributed by atoms with E-state index in [0.29, 0.717) is 22.4 Å². The van der Waals surface area contributed by atoms with E-state index in [1.807, 2.05) is 42.5 Å². The van der Waals surface area contributed by atoms with Gasteiger partial charge in [-0.1, -0.05) is 36.4 Å². The summed E-state index contributed by atoms with van der Waals surface area (Å²) in [5, 5.41) is 2.85. The van der Waals surface area contributed by atoms with Crippen LogP contribution in [-0.2, 0) is 5.75 Å². The van der Waals surface area contributed by atoms with Crippen LogP contribution in [0.2, 0.25) is 0 Å². The smallest absolute Gasteiger partial charge is 0.255 e. The first kappa shape index (κ1) is 18.7. The van der Waals surface area contributed by atoms with Gasteiger partial charge in [0.05, 0.1) is 0 Å². The lowest BCUT2D eigenvalue weighted by Gasteiger charge is -2.11. The summed E-state index contributed by atoms with van der Waals surface area (Å²) < 4.78 is 0. The molecule has 0 aliphatic rings. The van der Waals surface area contributed by atoms with Crippen molar-refractivity contribution in [3.8, 4) is 0 Å². The van der Waals surface area contributed by atoms with Crippen molar-refractivity contribution in [1.82, 2.24) is 0 Å². The van der Waals surface area contributed by atoms with Crippen LogP contribution in [0.25, 0.3) is 0 Å². The molecule has 5 heteroatoms. The molecule has 0 atom stereocenters. The highest BCUT2D eigenvalue weighted by molar-refractivity contribution is 7.98. The van der Waals surface area contributed by atoms with Crippen molar-refractivity contribution in [2.24, 2.45) is 5.73 Å². The molecule has 0 aliphatic carbocycles. The van der Waals surface area contributed by atoms with Crippen LogP contribution in [0, 0.1) is 6.92 Å². The quantitative estimate of drug-likeness (QED) is 0.616. The topological polar surface area (TPSA) is 72.2 Å². The van der Waals surface area contributed by atoms with Crippen molar-refractivity contribution in [2.75, 3.05) is 5.32 Å². The van der Waals surface area contributed by atoms with Crippen LogP contribution in [0.5, 0.6) is 0 Å². The van der Waals surface area contributed by atoms with Gasteiger partial charge in [-0.15, -0.1) is 11.8 Å². The third-order valence-corrected chi connectivity index (χ3v) is 5.30. The molecule has 0 spiro atoms. The Kier molecular flexibility index (Phi) is 5.94. The number of thioether (sulfide) groups is 1. The van der Waals surface area contributed by atoms with E-state index in [1.54, 1.807) is 36.9 Å². The zero-order valence-corrected chi connectivity index (χ0v) is 15.8. The number of primary amides is 1. The van der Waals surface area contributed by atoms with Crippen LogP contribution in [0.3, 0.4) is 0 Å². The van der Waals surface area contributed by atoms with Crippen LogP contribution in [-0.4, -0.2) is 11.8 Å². The lowest BCUT2D eigenvalue weighted by molar-refractivity contribution is 0.0995. The number of carbonyl (C=O) groups excluding carboxylic acids is 2. The molecule has 2 amide bonds. The number of hydrogen-bond acceptors (Lipinski definition) is 3. The lowest BCUT2D eigenvalue weighted by atomic mass is 10.1. The van der Waals surface area contributed by atoms with Crippen LogP contribution in [0.4, 0.5) is 5.69 Å². The Morgan fingerprint density at radius 3 is 2.30 bits per heavy atom. The number of amides is 2. The van der Waals surface area contributed by atoms with E-state index in [4.69, 9.17) is 5.73 Å². The van der Waals surface area contributed by atoms with Crippen molar-refractivity contribution in [1.29, 1.82) is 0 Å². The molecule has 0 aromatic heterocycles. The van der Waals surface area contributed by atoms with E-state index in [-0.39, 0.29) is 5.91 Å². The molecule has 0 unspecified atom stereocenters. The Morgan fingerprint density at radius 2 is 1.63 bits per heavy atom. The first-order valence-corrected chi connectivity index (χ1v) is 9.50. The molecule has 0 saturated carbocycles. The molecule has 0 saturated heterocycles. The van der Waals surface area contributed by atoms with Crippen molar-refractivity contribution in [3.05, 3.63) is 95.1 Å². The van der Waals surface area contributed by atoms with Crippen molar-refractivity contribution in [2.45, 2.75) is 17.6 Å². The Balaban J connectivity index is 1.66. The highest BCUT2D eigenvalue weighted by atomic mass is 32.2. The van der Waals surface area contributed by atoms with Crippen LogP contribution in [0.1, 0.15) is 31.8 Å². The minimum absolute atomic E-state index is 0.220. The first-order chi connectivity index (χ1) is 13.0. The fraction of sp³-hybridized carbons (Fsp3) is 0.0909. The summed E-state index contributed by atoms with van der Waals surface area (Å²) in [7, 11) is 0. The second-order valence-electron chi connectivity index (χ2n) is 6.10. The molecule has 3 rings (SSSR count). The molecule has 0 fully saturated rings. The number of nitrogens with one attached hydrogen (secondary N) is 1. The summed E-state index contributed by atoms with van der Waals surface area (Å²) in [5.41, 5.74) is 8.72. The monoisotopic (exact) mass is 376 g/mol. The number of rotatable bonds is 6. The Hall–Kier alpha value is -3.05. The SMILES string of the molecule is Cc1c(NC(=O)c2ccc(CSc3ccccc3)cc2)cccc1C(N)=O. The fourth-order valence-corrected chi connectivity index (χ4v) is 3.54. The molecular weight excluding hydrogens is 356 g/mol. The molecule has 0 aliphatic heterocycles. The minimum atomic E-state index is -0.510. The van der Waals surface area contributed by atoms with Gasteiger partial charge in [-0.05, 0) is 54.4 Å². The maximum atomic E-state index is 12.5. The molecule has 0 radical (unpaired) electrons. The molecule has 27 heavy (non-hydrogen) atoms. The van der Waals surface area contributed by atoms with Gasteiger partial charge in [0, 0.05) is 27.5 Å². The summed E-state index contributed by atoms with van der Waals surface area (Å²) in [4.78, 5) is 25.2. The van der Waals surface area contributed by atoms with E-state index in [0.717, 1.165) is 11.3 Å². The average molecular weight is 376 g/mol. The molecular formula is C22H20N2O2S. The summed E-state index contributed by atoms with van der Waals surface area (Å²) in [6.45, 7) is 1.76. The fourth-order valence-electron chi connectivity index (χ4n) is 2.67. The largest absolute Gasteiger partial charge is 0.366 e. The van der Waals surface area contributed by atoms with E-state index < -0.39 is 5.91 Å². The molecule has 3 aromatic rings. The lowest BCUT2D eigenvalue weighted by Crippen LogP contribution is -2.16. The van der Waals surface area contributed by atoms with Gasteiger partial charge in [-0.3, -0.25) is 9.59 Å². The minimum Gasteiger partial charge on any atom is -0.366 e. The van der Waals surface area contributed by atoms with Crippen LogP contribution >= 0.6 is 11.8 Å². The van der Waals surface area contributed by atoms with Crippen molar-refractivity contribution in [3.63, 3.8) is 0 Å². The second-order valence-corrected chi connectivity index (χ2v) is 7.14. The maximum absolute atomic E-state index is 12.5. The van der Waals surface area contributed by atoms with Gasteiger partial charge in [0.2, 0.25) is 5.91 Å². The summed E-state index contributed by atoms with van der Waals surface area (Å²) in [5.74, 6) is 0.108. The molecule has 3 aromatic carbocycles. The summed E-state index contributed by atoms with van der Waals surface area (Å²) in [6, 6.07) is 22.8. The van der Waals surface area contributed by atoms with Gasteiger partial charge in [0.15, 0.2) is 0 Å². The second kappa shape index (κ2) is 8.56. The maximum Gasteiger partial charge on any atom is 0.255 e. The zero-order chi connectivity index (χ0) is 19.2. The molecule has 0 bridgehead atoms. The van der Waals surface area contributed by atoms with Gasteiger partial charge in [-0.2, -0.15) is 0 Å². The third-order valence-electron chi connectivity index (χ3n) is 4.21. The Labute approximate surface area is 162 Å². The van der Waals surface area contributed by atoms with E-state index >= 15 is 0 Å². The number of hydrogen-bond donors (Lipinski definition) is 2. The van der Waals surface area contributed by atoms with Crippen LogP contribution in [0.15, 0.2) is 77.7 Å². The standard InChI is InChI=1S/C22H20N2O2S/c1-15-19(21(23)25)8-5-9-20(15)24-22(26)17-12-10-16(11-13-17)14-27-18-6-3-2-4-7-18/h2-13H,14H2,1H3,(H2,23,25)(H,24,26). The summed E-state index contributed by atoms with van der Waals surface area (Å²) >= 11 is 1.75. The molecule has 0 heterocycles. The summed E-state index contributed by atoms with van der Waals surface area (Å²) in [6.07, 6.45) is 0. The third kappa shape index (κ3) is 4.77.